The van der Waals surface area contributed by atoms with Gasteiger partial charge in [0, 0.05) is 36.2 Å². The van der Waals surface area contributed by atoms with Gasteiger partial charge in [-0.1, -0.05) is 34.8 Å². The lowest BCUT2D eigenvalue weighted by Crippen LogP contribution is -2.40. The van der Waals surface area contributed by atoms with Gasteiger partial charge in [-0.15, -0.1) is 0 Å². The lowest BCUT2D eigenvalue weighted by Gasteiger charge is -2.27. The Labute approximate surface area is 139 Å². The first kappa shape index (κ1) is 15.5. The summed E-state index contributed by atoms with van der Waals surface area (Å²) in [6.45, 7) is 0.491. The third-order valence-corrected chi connectivity index (χ3v) is 5.31. The highest BCUT2D eigenvalue weighted by molar-refractivity contribution is 9.10. The standard InChI is InChI=1S/C17H21BrN2O2/c1-19(14-6-2-3-7-14)17(22)12-9-16(21)20(11-12)15-8-4-5-13(18)10-15/h4-5,8,10,12,14H,2-3,6-7,9,11H2,1H3. The van der Waals surface area contributed by atoms with Gasteiger partial charge in [0.05, 0.1) is 5.92 Å². The highest BCUT2D eigenvalue weighted by Crippen LogP contribution is 2.30. The summed E-state index contributed by atoms with van der Waals surface area (Å²) in [7, 11) is 1.89. The van der Waals surface area contributed by atoms with Crippen LogP contribution in [0.15, 0.2) is 28.7 Å². The molecule has 2 amide bonds. The second-order valence-electron chi connectivity index (χ2n) is 6.27. The number of anilines is 1. The van der Waals surface area contributed by atoms with E-state index in [4.69, 9.17) is 0 Å². The second-order valence-corrected chi connectivity index (χ2v) is 7.19. The van der Waals surface area contributed by atoms with Gasteiger partial charge in [-0.2, -0.15) is 0 Å². The predicted octanol–water partition coefficient (Wildman–Crippen LogP) is 3.20. The molecule has 0 bridgehead atoms. The van der Waals surface area contributed by atoms with Crippen molar-refractivity contribution in [3.8, 4) is 0 Å². The molecular weight excluding hydrogens is 344 g/mol. The lowest BCUT2D eigenvalue weighted by molar-refractivity contribution is -0.136. The molecule has 1 aromatic rings. The quantitative estimate of drug-likeness (QED) is 0.826. The van der Waals surface area contributed by atoms with Gasteiger partial charge in [0.1, 0.15) is 0 Å². The van der Waals surface area contributed by atoms with Crippen LogP contribution in [0.5, 0.6) is 0 Å². The average molecular weight is 365 g/mol. The maximum atomic E-state index is 12.7. The number of nitrogens with zero attached hydrogens (tertiary/aromatic N) is 2. The molecule has 22 heavy (non-hydrogen) atoms. The Hall–Kier alpha value is -1.36. The van der Waals surface area contributed by atoms with E-state index in [1.54, 1.807) is 4.90 Å². The number of benzene rings is 1. The SMILES string of the molecule is CN(C(=O)C1CC(=O)N(c2cccc(Br)c2)C1)C1CCCC1. The number of hydrogen-bond donors (Lipinski definition) is 0. The van der Waals surface area contributed by atoms with E-state index in [1.165, 1.54) is 12.8 Å². The molecule has 1 atom stereocenters. The summed E-state index contributed by atoms with van der Waals surface area (Å²) < 4.78 is 0.940. The fourth-order valence-corrected chi connectivity index (χ4v) is 3.91. The molecule has 4 nitrogen and oxygen atoms in total. The smallest absolute Gasteiger partial charge is 0.228 e. The molecule has 1 unspecified atom stereocenters. The van der Waals surface area contributed by atoms with Gasteiger partial charge in [0.2, 0.25) is 11.8 Å². The van der Waals surface area contributed by atoms with Crippen LogP contribution in [0.1, 0.15) is 32.1 Å². The van der Waals surface area contributed by atoms with Crippen molar-refractivity contribution in [1.82, 2.24) is 4.90 Å². The van der Waals surface area contributed by atoms with E-state index < -0.39 is 0 Å². The number of carbonyl (C=O) groups excluding carboxylic acids is 2. The van der Waals surface area contributed by atoms with Crippen LogP contribution in [0.3, 0.4) is 0 Å². The molecule has 1 saturated carbocycles. The molecule has 0 aromatic heterocycles. The fourth-order valence-electron chi connectivity index (χ4n) is 3.53. The van der Waals surface area contributed by atoms with E-state index in [1.807, 2.05) is 36.2 Å². The normalized spacial score (nSPS) is 22.4. The number of hydrogen-bond acceptors (Lipinski definition) is 2. The van der Waals surface area contributed by atoms with Crippen LogP contribution in [0.4, 0.5) is 5.69 Å². The molecule has 3 rings (SSSR count). The van der Waals surface area contributed by atoms with Crippen molar-refractivity contribution < 1.29 is 9.59 Å². The summed E-state index contributed by atoms with van der Waals surface area (Å²) in [5.41, 5.74) is 0.859. The Morgan fingerprint density at radius 1 is 1.32 bits per heavy atom. The topological polar surface area (TPSA) is 40.6 Å². The van der Waals surface area contributed by atoms with Crippen LogP contribution in [0, 0.1) is 5.92 Å². The summed E-state index contributed by atoms with van der Waals surface area (Å²) >= 11 is 3.43. The highest BCUT2D eigenvalue weighted by atomic mass is 79.9. The molecular formula is C17H21BrN2O2. The van der Waals surface area contributed by atoms with Crippen LogP contribution in [-0.2, 0) is 9.59 Å². The van der Waals surface area contributed by atoms with E-state index in [0.29, 0.717) is 19.0 Å². The number of rotatable bonds is 3. The average Bonchev–Trinajstić information content (AvgIpc) is 3.15. The van der Waals surface area contributed by atoms with E-state index in [0.717, 1.165) is 23.0 Å². The van der Waals surface area contributed by atoms with Crippen molar-refractivity contribution in [2.45, 2.75) is 38.1 Å². The fraction of sp³-hybridized carbons (Fsp3) is 0.529. The summed E-state index contributed by atoms with van der Waals surface area (Å²) in [6, 6.07) is 8.04. The van der Waals surface area contributed by atoms with Crippen molar-refractivity contribution in [2.24, 2.45) is 5.92 Å². The zero-order valence-electron chi connectivity index (χ0n) is 12.8. The maximum absolute atomic E-state index is 12.7. The Morgan fingerprint density at radius 2 is 2.05 bits per heavy atom. The molecule has 2 aliphatic rings. The van der Waals surface area contributed by atoms with E-state index in [-0.39, 0.29) is 17.7 Å². The third-order valence-electron chi connectivity index (χ3n) is 4.81. The van der Waals surface area contributed by atoms with Crippen LogP contribution >= 0.6 is 15.9 Å². The van der Waals surface area contributed by atoms with Gasteiger partial charge in [-0.3, -0.25) is 9.59 Å². The minimum absolute atomic E-state index is 0.0382. The number of amides is 2. The number of carbonyl (C=O) groups is 2. The Kier molecular flexibility index (Phi) is 4.52. The Balaban J connectivity index is 1.70. The van der Waals surface area contributed by atoms with Crippen molar-refractivity contribution in [1.29, 1.82) is 0 Å². The second kappa shape index (κ2) is 6.41. The van der Waals surface area contributed by atoms with Crippen molar-refractivity contribution >= 4 is 33.4 Å². The maximum Gasteiger partial charge on any atom is 0.228 e. The predicted molar refractivity (Wildman–Crippen MR) is 89.6 cm³/mol. The lowest BCUT2D eigenvalue weighted by atomic mass is 10.1. The minimum Gasteiger partial charge on any atom is -0.342 e. The molecule has 1 heterocycles. The van der Waals surface area contributed by atoms with Crippen LogP contribution in [0.25, 0.3) is 0 Å². The molecule has 5 heteroatoms. The summed E-state index contributed by atoms with van der Waals surface area (Å²) in [4.78, 5) is 28.6. The van der Waals surface area contributed by atoms with Crippen LogP contribution < -0.4 is 4.90 Å². The monoisotopic (exact) mass is 364 g/mol. The zero-order chi connectivity index (χ0) is 15.7. The molecule has 1 aliphatic heterocycles. The summed E-state index contributed by atoms with van der Waals surface area (Å²) in [5.74, 6) is -0.0499. The van der Waals surface area contributed by atoms with E-state index in [2.05, 4.69) is 15.9 Å². The van der Waals surface area contributed by atoms with Gasteiger partial charge >= 0.3 is 0 Å². The van der Waals surface area contributed by atoms with Crippen LogP contribution in [-0.4, -0.2) is 36.3 Å². The minimum atomic E-state index is -0.211. The zero-order valence-corrected chi connectivity index (χ0v) is 14.4. The molecule has 118 valence electrons. The first-order chi connectivity index (χ1) is 10.6. The third kappa shape index (κ3) is 3.05. The van der Waals surface area contributed by atoms with Crippen molar-refractivity contribution in [2.75, 3.05) is 18.5 Å². The molecule has 0 N–H and O–H groups in total. The molecule has 2 fully saturated rings. The van der Waals surface area contributed by atoms with Gasteiger partial charge in [-0.25, -0.2) is 0 Å². The van der Waals surface area contributed by atoms with Crippen molar-refractivity contribution in [3.63, 3.8) is 0 Å². The van der Waals surface area contributed by atoms with Gasteiger partial charge in [0.25, 0.3) is 0 Å². The number of halogens is 1. The molecule has 1 aliphatic carbocycles. The van der Waals surface area contributed by atoms with E-state index >= 15 is 0 Å². The van der Waals surface area contributed by atoms with Gasteiger partial charge < -0.3 is 9.80 Å². The molecule has 0 spiro atoms. The first-order valence-corrected chi connectivity index (χ1v) is 8.68. The highest BCUT2D eigenvalue weighted by Gasteiger charge is 2.38. The van der Waals surface area contributed by atoms with Gasteiger partial charge in [0.15, 0.2) is 0 Å². The first-order valence-electron chi connectivity index (χ1n) is 7.89. The van der Waals surface area contributed by atoms with Crippen molar-refractivity contribution in [3.05, 3.63) is 28.7 Å². The molecule has 0 radical (unpaired) electrons. The van der Waals surface area contributed by atoms with Gasteiger partial charge in [-0.05, 0) is 31.0 Å². The van der Waals surface area contributed by atoms with Crippen LogP contribution in [0.2, 0.25) is 0 Å². The molecule has 1 aromatic carbocycles. The Morgan fingerprint density at radius 3 is 2.73 bits per heavy atom. The summed E-state index contributed by atoms with van der Waals surface area (Å²) in [6.07, 6.45) is 4.92. The molecule has 1 saturated heterocycles. The summed E-state index contributed by atoms with van der Waals surface area (Å²) in [5, 5.41) is 0. The van der Waals surface area contributed by atoms with E-state index in [9.17, 15) is 9.59 Å². The largest absolute Gasteiger partial charge is 0.342 e. The Bertz CT molecular complexity index is 584.